The van der Waals surface area contributed by atoms with Crippen molar-refractivity contribution >= 4 is 33.3 Å². The number of nitriles is 1. The predicted molar refractivity (Wildman–Crippen MR) is 78.5 cm³/mol. The minimum absolute atomic E-state index is 0.427. The highest BCUT2D eigenvalue weighted by Gasteiger charge is 2.13. The lowest BCUT2D eigenvalue weighted by Gasteiger charge is -2.13. The van der Waals surface area contributed by atoms with E-state index in [1.807, 2.05) is 0 Å². The van der Waals surface area contributed by atoms with Crippen LogP contribution in [0.3, 0.4) is 0 Å². The number of hydrazine groups is 1. The van der Waals surface area contributed by atoms with Gasteiger partial charge in [-0.3, -0.25) is 0 Å². The molecule has 1 aromatic carbocycles. The van der Waals surface area contributed by atoms with Crippen molar-refractivity contribution in [3.63, 3.8) is 0 Å². The van der Waals surface area contributed by atoms with Crippen molar-refractivity contribution in [1.29, 1.82) is 5.26 Å². The highest BCUT2D eigenvalue weighted by atomic mass is 79.9. The number of para-hydroxylation sites is 1. The first-order valence-electron chi connectivity index (χ1n) is 5.52. The lowest BCUT2D eigenvalue weighted by molar-refractivity contribution is 0.416. The lowest BCUT2D eigenvalue weighted by Crippen LogP contribution is -2.10. The number of anilines is 3. The normalized spacial score (nSPS) is 9.70. The van der Waals surface area contributed by atoms with Crippen LogP contribution in [-0.4, -0.2) is 17.1 Å². The third kappa shape index (κ3) is 2.64. The van der Waals surface area contributed by atoms with Gasteiger partial charge < -0.3 is 15.5 Å². The van der Waals surface area contributed by atoms with Gasteiger partial charge in [0.2, 0.25) is 0 Å². The number of nitrogens with zero attached hydrogens (tertiary/aromatic N) is 3. The summed E-state index contributed by atoms with van der Waals surface area (Å²) in [6.07, 6.45) is 1.35. The zero-order valence-corrected chi connectivity index (χ0v) is 12.1. The van der Waals surface area contributed by atoms with Crippen LogP contribution in [0.2, 0.25) is 0 Å². The molecule has 0 spiro atoms. The summed E-state index contributed by atoms with van der Waals surface area (Å²) in [5.41, 5.74) is 3.41. The Morgan fingerprint density at radius 1 is 1.35 bits per heavy atom. The van der Waals surface area contributed by atoms with Crippen molar-refractivity contribution in [3.05, 3.63) is 34.6 Å². The van der Waals surface area contributed by atoms with E-state index in [0.29, 0.717) is 33.1 Å². The lowest BCUT2D eigenvalue weighted by atomic mass is 10.2. The fraction of sp³-hybridized carbons (Fsp3) is 0.0833. The number of hydrogen-bond acceptors (Lipinski definition) is 7. The molecule has 0 aliphatic carbocycles. The number of rotatable bonds is 4. The summed E-state index contributed by atoms with van der Waals surface area (Å²) in [5, 5.41) is 12.2. The van der Waals surface area contributed by atoms with Crippen LogP contribution in [0, 0.1) is 11.3 Å². The van der Waals surface area contributed by atoms with Gasteiger partial charge in [-0.2, -0.15) is 5.26 Å². The summed E-state index contributed by atoms with van der Waals surface area (Å²) in [4.78, 5) is 8.06. The van der Waals surface area contributed by atoms with Gasteiger partial charge in [-0.05, 0) is 28.1 Å². The SMILES string of the molecule is COc1cccc(C#N)c1Nc1ncnc(NN)c1Br. The highest BCUT2D eigenvalue weighted by Crippen LogP contribution is 2.34. The standard InChI is InChI=1S/C12H11BrN6O/c1-20-8-4-2-3-7(5-14)10(8)18-11-9(13)12(19-15)17-6-16-11/h2-4,6H,15H2,1H3,(H2,16,17,18,19). The molecule has 0 fully saturated rings. The molecule has 2 rings (SSSR count). The number of nitrogens with two attached hydrogens (primary N) is 1. The number of methoxy groups -OCH3 is 1. The molecule has 7 nitrogen and oxygen atoms in total. The molecule has 0 unspecified atom stereocenters. The van der Waals surface area contributed by atoms with Crippen LogP contribution in [0.4, 0.5) is 17.3 Å². The van der Waals surface area contributed by atoms with Crippen molar-refractivity contribution < 1.29 is 4.74 Å². The van der Waals surface area contributed by atoms with E-state index in [9.17, 15) is 0 Å². The first-order chi connectivity index (χ1) is 9.71. The van der Waals surface area contributed by atoms with Gasteiger partial charge in [0, 0.05) is 0 Å². The van der Waals surface area contributed by atoms with Gasteiger partial charge >= 0.3 is 0 Å². The predicted octanol–water partition coefficient (Wildman–Crippen LogP) is 2.15. The summed E-state index contributed by atoms with van der Waals surface area (Å²) < 4.78 is 5.80. The molecule has 1 heterocycles. The second-order valence-electron chi connectivity index (χ2n) is 3.65. The Morgan fingerprint density at radius 2 is 2.10 bits per heavy atom. The molecule has 0 aliphatic heterocycles. The van der Waals surface area contributed by atoms with E-state index in [1.165, 1.54) is 13.4 Å². The second kappa shape index (κ2) is 6.18. The van der Waals surface area contributed by atoms with Gasteiger partial charge in [0.25, 0.3) is 0 Å². The molecule has 0 atom stereocenters. The maximum atomic E-state index is 9.16. The van der Waals surface area contributed by atoms with Gasteiger partial charge in [-0.15, -0.1) is 0 Å². The maximum Gasteiger partial charge on any atom is 0.159 e. The summed E-state index contributed by atoms with van der Waals surface area (Å²) in [6, 6.07) is 7.27. The first-order valence-corrected chi connectivity index (χ1v) is 6.31. The summed E-state index contributed by atoms with van der Waals surface area (Å²) in [5.74, 6) is 6.78. The van der Waals surface area contributed by atoms with Crippen molar-refractivity contribution in [1.82, 2.24) is 9.97 Å². The average Bonchev–Trinajstić information content (AvgIpc) is 2.49. The number of halogens is 1. The van der Waals surface area contributed by atoms with E-state index in [-0.39, 0.29) is 0 Å². The molecule has 102 valence electrons. The van der Waals surface area contributed by atoms with E-state index in [2.05, 4.69) is 42.7 Å². The number of benzene rings is 1. The fourth-order valence-corrected chi connectivity index (χ4v) is 2.02. The Labute approximate surface area is 123 Å². The largest absolute Gasteiger partial charge is 0.495 e. The van der Waals surface area contributed by atoms with E-state index >= 15 is 0 Å². The van der Waals surface area contributed by atoms with Gasteiger partial charge in [0.1, 0.15) is 28.3 Å². The van der Waals surface area contributed by atoms with E-state index in [0.717, 1.165) is 0 Å². The van der Waals surface area contributed by atoms with Gasteiger partial charge in [0.05, 0.1) is 12.7 Å². The van der Waals surface area contributed by atoms with Crippen LogP contribution in [0.15, 0.2) is 29.0 Å². The topological polar surface area (TPSA) is 109 Å². The van der Waals surface area contributed by atoms with Crippen molar-refractivity contribution in [3.8, 4) is 11.8 Å². The number of hydrogen-bond donors (Lipinski definition) is 3. The summed E-state index contributed by atoms with van der Waals surface area (Å²) >= 11 is 3.34. The second-order valence-corrected chi connectivity index (χ2v) is 4.44. The van der Waals surface area contributed by atoms with Crippen LogP contribution in [-0.2, 0) is 0 Å². The molecule has 20 heavy (non-hydrogen) atoms. The highest BCUT2D eigenvalue weighted by molar-refractivity contribution is 9.10. The third-order valence-corrected chi connectivity index (χ3v) is 3.29. The minimum atomic E-state index is 0.427. The molecule has 2 aromatic rings. The van der Waals surface area contributed by atoms with Crippen LogP contribution >= 0.6 is 15.9 Å². The van der Waals surface area contributed by atoms with E-state index in [4.69, 9.17) is 15.8 Å². The minimum Gasteiger partial charge on any atom is -0.495 e. The average molecular weight is 335 g/mol. The number of nitrogens with one attached hydrogen (secondary N) is 2. The van der Waals surface area contributed by atoms with Crippen LogP contribution < -0.4 is 21.3 Å². The van der Waals surface area contributed by atoms with Crippen LogP contribution in [0.25, 0.3) is 0 Å². The van der Waals surface area contributed by atoms with Crippen molar-refractivity contribution in [2.24, 2.45) is 5.84 Å². The summed E-state index contributed by atoms with van der Waals surface area (Å²) in [7, 11) is 1.53. The molecule has 0 amide bonds. The number of nitrogen functional groups attached to an aromatic ring is 1. The monoisotopic (exact) mass is 334 g/mol. The van der Waals surface area contributed by atoms with Crippen molar-refractivity contribution in [2.45, 2.75) is 0 Å². The smallest absolute Gasteiger partial charge is 0.159 e. The molecular weight excluding hydrogens is 324 g/mol. The fourth-order valence-electron chi connectivity index (χ4n) is 1.60. The molecule has 1 aromatic heterocycles. The quantitative estimate of drug-likeness (QED) is 0.580. The van der Waals surface area contributed by atoms with Gasteiger partial charge in [0.15, 0.2) is 11.6 Å². The maximum absolute atomic E-state index is 9.16. The molecule has 0 bridgehead atoms. The summed E-state index contributed by atoms with van der Waals surface area (Å²) in [6.45, 7) is 0. The molecule has 0 aliphatic rings. The van der Waals surface area contributed by atoms with Gasteiger partial charge in [-0.1, -0.05) is 6.07 Å². The van der Waals surface area contributed by atoms with Gasteiger partial charge in [-0.25, -0.2) is 15.8 Å². The Bertz CT molecular complexity index is 669. The van der Waals surface area contributed by atoms with Crippen LogP contribution in [0.1, 0.15) is 5.56 Å². The molecule has 4 N–H and O–H groups in total. The Morgan fingerprint density at radius 3 is 2.75 bits per heavy atom. The third-order valence-electron chi connectivity index (χ3n) is 2.54. The zero-order valence-electron chi connectivity index (χ0n) is 10.5. The van der Waals surface area contributed by atoms with E-state index < -0.39 is 0 Å². The molecular formula is C12H11BrN6O. The van der Waals surface area contributed by atoms with Crippen LogP contribution in [0.5, 0.6) is 5.75 Å². The Kier molecular flexibility index (Phi) is 4.34. The Balaban J connectivity index is 2.48. The molecule has 0 radical (unpaired) electrons. The molecule has 0 saturated heterocycles. The van der Waals surface area contributed by atoms with Crippen molar-refractivity contribution in [2.75, 3.05) is 17.9 Å². The van der Waals surface area contributed by atoms with E-state index in [1.54, 1.807) is 18.2 Å². The number of ether oxygens (including phenoxy) is 1. The molecule has 8 heteroatoms. The zero-order chi connectivity index (χ0) is 14.5. The number of aromatic nitrogens is 2. The first kappa shape index (κ1) is 14.0. The molecule has 0 saturated carbocycles. The Hall–Kier alpha value is -2.37.